The molecule has 8 heteroatoms. The number of carbonyl (C=O) groups is 1. The summed E-state index contributed by atoms with van der Waals surface area (Å²) in [5, 5.41) is 10.3. The first-order chi connectivity index (χ1) is 9.02. The van der Waals surface area contributed by atoms with Crippen LogP contribution in [0.3, 0.4) is 0 Å². The van der Waals surface area contributed by atoms with Gasteiger partial charge in [0.15, 0.2) is 0 Å². The second kappa shape index (κ2) is 5.83. The molecule has 0 aromatic carbocycles. The van der Waals surface area contributed by atoms with Crippen LogP contribution in [0.15, 0.2) is 12.3 Å². The molecule has 2 heterocycles. The van der Waals surface area contributed by atoms with Gasteiger partial charge in [-0.25, -0.2) is 9.78 Å². The van der Waals surface area contributed by atoms with E-state index in [0.29, 0.717) is 26.4 Å². The third-order valence-electron chi connectivity index (χ3n) is 2.18. The van der Waals surface area contributed by atoms with E-state index in [4.69, 9.17) is 33.0 Å². The van der Waals surface area contributed by atoms with Crippen molar-refractivity contribution in [2.75, 3.05) is 7.11 Å². The van der Waals surface area contributed by atoms with E-state index < -0.39 is 5.97 Å². The van der Waals surface area contributed by atoms with Gasteiger partial charge in [0.25, 0.3) is 0 Å². The van der Waals surface area contributed by atoms with E-state index in [1.807, 2.05) is 0 Å². The molecule has 0 aliphatic rings. The molecule has 0 saturated heterocycles. The quantitative estimate of drug-likeness (QED) is 0.935. The van der Waals surface area contributed by atoms with Crippen LogP contribution in [0.5, 0.6) is 0 Å². The van der Waals surface area contributed by atoms with Crippen molar-refractivity contribution >= 4 is 40.5 Å². The zero-order valence-corrected chi connectivity index (χ0v) is 12.0. The van der Waals surface area contributed by atoms with E-state index in [0.717, 1.165) is 11.3 Å². The zero-order valence-electron chi connectivity index (χ0n) is 9.68. The van der Waals surface area contributed by atoms with Gasteiger partial charge in [-0.2, -0.15) is 0 Å². The largest absolute Gasteiger partial charge is 0.477 e. The molecule has 100 valence electrons. The highest BCUT2D eigenvalue weighted by Gasteiger charge is 2.20. The number of aromatic carboxylic acids is 1. The normalized spacial score (nSPS) is 10.7. The number of thiazole rings is 1. The first-order valence-electron chi connectivity index (χ1n) is 5.06. The third-order valence-corrected chi connectivity index (χ3v) is 3.77. The maximum absolute atomic E-state index is 11.1. The first-order valence-corrected chi connectivity index (χ1v) is 6.63. The van der Waals surface area contributed by atoms with Crippen LogP contribution in [0, 0.1) is 0 Å². The Morgan fingerprint density at radius 1 is 1.53 bits per heavy atom. The Kier molecular flexibility index (Phi) is 4.36. The van der Waals surface area contributed by atoms with Gasteiger partial charge in [-0.1, -0.05) is 23.2 Å². The fourth-order valence-electron chi connectivity index (χ4n) is 1.43. The van der Waals surface area contributed by atoms with Gasteiger partial charge in [0.05, 0.1) is 22.3 Å². The molecule has 1 N–H and O–H groups in total. The van der Waals surface area contributed by atoms with Crippen molar-refractivity contribution in [3.8, 4) is 10.7 Å². The average molecular weight is 319 g/mol. The molecule has 0 saturated carbocycles. The molecule has 2 rings (SSSR count). The second-order valence-electron chi connectivity index (χ2n) is 3.52. The predicted octanol–water partition coefficient (Wildman–Crippen LogP) is 3.36. The Balaban J connectivity index is 2.50. The van der Waals surface area contributed by atoms with Crippen LogP contribution in [0.25, 0.3) is 10.7 Å². The molecular weight excluding hydrogens is 311 g/mol. The lowest BCUT2D eigenvalue weighted by atomic mass is 10.3. The van der Waals surface area contributed by atoms with Gasteiger partial charge in [0.2, 0.25) is 0 Å². The SMILES string of the molecule is COCc1nc(-c2ncc(Cl)cc2Cl)sc1C(=O)O. The fraction of sp³-hybridized carbons (Fsp3) is 0.182. The summed E-state index contributed by atoms with van der Waals surface area (Å²) in [4.78, 5) is 19.5. The molecule has 19 heavy (non-hydrogen) atoms. The molecule has 0 atom stereocenters. The highest BCUT2D eigenvalue weighted by Crippen LogP contribution is 2.32. The number of aromatic nitrogens is 2. The average Bonchev–Trinajstić information content (AvgIpc) is 2.73. The van der Waals surface area contributed by atoms with Crippen molar-refractivity contribution < 1.29 is 14.6 Å². The lowest BCUT2D eigenvalue weighted by Crippen LogP contribution is -1.99. The number of rotatable bonds is 4. The van der Waals surface area contributed by atoms with Crippen LogP contribution < -0.4 is 0 Å². The van der Waals surface area contributed by atoms with Crippen molar-refractivity contribution in [1.82, 2.24) is 9.97 Å². The Morgan fingerprint density at radius 2 is 2.26 bits per heavy atom. The smallest absolute Gasteiger partial charge is 0.347 e. The number of pyridine rings is 1. The molecule has 5 nitrogen and oxygen atoms in total. The van der Waals surface area contributed by atoms with Gasteiger partial charge in [0, 0.05) is 13.3 Å². The Bertz CT molecular complexity index is 630. The van der Waals surface area contributed by atoms with Crippen molar-refractivity contribution in [3.05, 3.63) is 32.9 Å². The summed E-state index contributed by atoms with van der Waals surface area (Å²) < 4.78 is 4.92. The number of carboxylic acid groups (broad SMARTS) is 1. The third kappa shape index (κ3) is 3.03. The van der Waals surface area contributed by atoms with Gasteiger partial charge < -0.3 is 9.84 Å². The van der Waals surface area contributed by atoms with Crippen LogP contribution in [0.4, 0.5) is 0 Å². The number of ether oxygens (including phenoxy) is 1. The topological polar surface area (TPSA) is 72.3 Å². The van der Waals surface area contributed by atoms with Crippen molar-refractivity contribution in [2.45, 2.75) is 6.61 Å². The van der Waals surface area contributed by atoms with Gasteiger partial charge >= 0.3 is 5.97 Å². The molecular formula is C11H8Cl2N2O3S. The lowest BCUT2D eigenvalue weighted by molar-refractivity contribution is 0.0697. The molecule has 0 aliphatic heterocycles. The molecule has 0 amide bonds. The first kappa shape index (κ1) is 14.2. The van der Waals surface area contributed by atoms with Crippen LogP contribution in [0.2, 0.25) is 10.0 Å². The molecule has 0 unspecified atom stereocenters. The Hall–Kier alpha value is -1.21. The predicted molar refractivity (Wildman–Crippen MR) is 73.0 cm³/mol. The highest BCUT2D eigenvalue weighted by molar-refractivity contribution is 7.17. The summed E-state index contributed by atoms with van der Waals surface area (Å²) in [6.45, 7) is 0.114. The minimum absolute atomic E-state index is 0.114. The monoisotopic (exact) mass is 318 g/mol. The molecule has 0 spiro atoms. The zero-order chi connectivity index (χ0) is 14.0. The number of carboxylic acids is 1. The van der Waals surface area contributed by atoms with E-state index >= 15 is 0 Å². The summed E-state index contributed by atoms with van der Waals surface area (Å²) in [6, 6.07) is 1.53. The van der Waals surface area contributed by atoms with Crippen molar-refractivity contribution in [1.29, 1.82) is 0 Å². The molecule has 2 aromatic rings. The molecule has 0 aliphatic carbocycles. The summed E-state index contributed by atoms with van der Waals surface area (Å²) in [5.41, 5.74) is 0.753. The standard InChI is InChI=1S/C11H8Cl2N2O3S/c1-18-4-7-9(11(16)17)19-10(15-7)8-6(13)2-5(12)3-14-8/h2-3H,4H2,1H3,(H,16,17). The highest BCUT2D eigenvalue weighted by atomic mass is 35.5. The Morgan fingerprint density at radius 3 is 2.84 bits per heavy atom. The van der Waals surface area contributed by atoms with E-state index in [1.54, 1.807) is 0 Å². The van der Waals surface area contributed by atoms with Crippen LogP contribution in [0.1, 0.15) is 15.4 Å². The number of hydrogen-bond acceptors (Lipinski definition) is 5. The number of hydrogen-bond donors (Lipinski definition) is 1. The number of nitrogens with zero attached hydrogens (tertiary/aromatic N) is 2. The molecule has 0 radical (unpaired) electrons. The minimum Gasteiger partial charge on any atom is -0.477 e. The van der Waals surface area contributed by atoms with Crippen molar-refractivity contribution in [2.24, 2.45) is 0 Å². The van der Waals surface area contributed by atoms with E-state index in [9.17, 15) is 4.79 Å². The maximum atomic E-state index is 11.1. The van der Waals surface area contributed by atoms with Crippen LogP contribution >= 0.6 is 34.5 Å². The molecule has 0 fully saturated rings. The van der Waals surface area contributed by atoms with Gasteiger partial charge in [-0.15, -0.1) is 11.3 Å². The number of methoxy groups -OCH3 is 1. The van der Waals surface area contributed by atoms with E-state index in [2.05, 4.69) is 9.97 Å². The Labute approximate surface area is 122 Å². The molecule has 0 bridgehead atoms. The van der Waals surface area contributed by atoms with Crippen LogP contribution in [-0.2, 0) is 11.3 Å². The number of halogens is 2. The summed E-state index contributed by atoms with van der Waals surface area (Å²) in [5.74, 6) is -1.05. The van der Waals surface area contributed by atoms with Gasteiger partial charge in [0.1, 0.15) is 15.6 Å². The van der Waals surface area contributed by atoms with E-state index in [-0.39, 0.29) is 11.5 Å². The summed E-state index contributed by atoms with van der Waals surface area (Å²) in [7, 11) is 1.47. The van der Waals surface area contributed by atoms with Gasteiger partial charge in [-0.05, 0) is 6.07 Å². The van der Waals surface area contributed by atoms with Crippen LogP contribution in [-0.4, -0.2) is 28.2 Å². The van der Waals surface area contributed by atoms with E-state index in [1.165, 1.54) is 19.4 Å². The maximum Gasteiger partial charge on any atom is 0.347 e. The summed E-state index contributed by atoms with van der Waals surface area (Å²) in [6.07, 6.45) is 1.43. The fourth-order valence-corrected chi connectivity index (χ4v) is 2.87. The van der Waals surface area contributed by atoms with Crippen molar-refractivity contribution in [3.63, 3.8) is 0 Å². The summed E-state index contributed by atoms with van der Waals surface area (Å²) >= 11 is 12.8. The minimum atomic E-state index is -1.05. The van der Waals surface area contributed by atoms with Gasteiger partial charge in [-0.3, -0.25) is 4.98 Å². The second-order valence-corrected chi connectivity index (χ2v) is 5.36. The lowest BCUT2D eigenvalue weighted by Gasteiger charge is -1.99. The molecule has 2 aromatic heterocycles.